The first kappa shape index (κ1) is 74.0. The van der Waals surface area contributed by atoms with Crippen LogP contribution in [0.2, 0.25) is 0 Å². The minimum absolute atomic E-state index is 0.591. The number of ether oxygens (including phenoxy) is 13. The zero-order valence-electron chi connectivity index (χ0n) is 49.1. The number of nitrogens with one attached hydrogen (secondary N) is 4. The van der Waals surface area contributed by atoms with Crippen molar-refractivity contribution in [2.24, 2.45) is 0 Å². The molecule has 7 rings (SSSR count). The smallest absolute Gasteiger partial charge is 0.217 e. The van der Waals surface area contributed by atoms with Gasteiger partial charge in [0.1, 0.15) is 165 Å². The Hall–Kier alpha value is -3.36. The summed E-state index contributed by atoms with van der Waals surface area (Å²) in [4.78, 5) is 49.7. The van der Waals surface area contributed by atoms with Gasteiger partial charge >= 0.3 is 0 Å². The highest BCUT2D eigenvalue weighted by molar-refractivity contribution is 5.74. The minimum Gasteiger partial charge on any atom is -0.394 e. The maximum absolute atomic E-state index is 12.8. The van der Waals surface area contributed by atoms with Gasteiger partial charge in [-0.1, -0.05) is 0 Å². The first-order chi connectivity index (χ1) is 42.5. The maximum Gasteiger partial charge on any atom is 0.217 e. The largest absolute Gasteiger partial charge is 0.394 e. The Morgan fingerprint density at radius 2 is 0.600 bits per heavy atom. The summed E-state index contributed by atoms with van der Waals surface area (Å²) in [6.45, 7) is -1.24. The van der Waals surface area contributed by atoms with Gasteiger partial charge in [-0.2, -0.15) is 0 Å². The summed E-state index contributed by atoms with van der Waals surface area (Å²) in [6.07, 6.45) is -59.7. The van der Waals surface area contributed by atoms with Crippen LogP contribution in [0.5, 0.6) is 0 Å². The predicted molar refractivity (Wildman–Crippen MR) is 282 cm³/mol. The third-order valence-corrected chi connectivity index (χ3v) is 16.4. The van der Waals surface area contributed by atoms with Gasteiger partial charge in [0.2, 0.25) is 23.6 Å². The van der Waals surface area contributed by atoms with Crippen LogP contribution in [0.1, 0.15) is 34.6 Å². The molecule has 14 unspecified atom stereocenters. The van der Waals surface area contributed by atoms with Crippen LogP contribution in [0.3, 0.4) is 0 Å². The second kappa shape index (κ2) is 32.4. The molecule has 22 N–H and O–H groups in total. The molecule has 4 amide bonds. The second-order valence-corrected chi connectivity index (χ2v) is 22.9. The van der Waals surface area contributed by atoms with E-state index in [0.717, 1.165) is 27.7 Å². The number of carbonyl (C=O) groups is 4. The third-order valence-electron chi connectivity index (χ3n) is 16.4. The highest BCUT2D eigenvalue weighted by Gasteiger charge is 2.59. The van der Waals surface area contributed by atoms with E-state index in [4.69, 9.17) is 61.6 Å². The van der Waals surface area contributed by atoms with Gasteiger partial charge in [-0.25, -0.2) is 0 Å². The van der Waals surface area contributed by atoms with E-state index in [9.17, 15) is 111 Å². The van der Waals surface area contributed by atoms with Crippen LogP contribution < -0.4 is 21.3 Å². The summed E-state index contributed by atoms with van der Waals surface area (Å²) in [7, 11) is 0. The van der Waals surface area contributed by atoms with Gasteiger partial charge in [-0.05, 0) is 6.92 Å². The number of aliphatic hydroxyl groups excluding tert-OH is 18. The molecule has 7 fully saturated rings. The summed E-state index contributed by atoms with van der Waals surface area (Å²) in [5.74, 6) is -3.06. The fourth-order valence-corrected chi connectivity index (χ4v) is 11.7. The minimum atomic E-state index is -2.42. The van der Waals surface area contributed by atoms with Crippen molar-refractivity contribution in [1.82, 2.24) is 21.3 Å². The van der Waals surface area contributed by atoms with Crippen LogP contribution in [0.25, 0.3) is 0 Å². The van der Waals surface area contributed by atoms with Gasteiger partial charge in [0.15, 0.2) is 37.7 Å². The van der Waals surface area contributed by atoms with Crippen molar-refractivity contribution in [3.8, 4) is 0 Å². The molecule has 0 spiro atoms. The average molecular weight is 1320 g/mol. The first-order valence-corrected chi connectivity index (χ1v) is 28.9. The SMILES string of the molecule is CC(=O)NC1C(O)[C@H](O)[C@@H](CO)O[C@@H]1OC1[C@H](OCC2O[C@@H](O[C@H]3C(CO)O[C@@H](O[C@H]4C(CO)O[C@@H](C)C(NC(C)=O)[C@H]4O)C(NC(C)=O)[C@H]3O)C(O)[C@@H](O[C@@H]3O[C@H](CO)[C@H](O)C(O)C3O[C@@H]3OC(CO)[C@H](O)[C@H](O)C3NC(C)=O)[C@H]2O)OC(CO)[C@H](O)[C@@H]1O. The molecule has 7 heterocycles. The molecule has 90 heavy (non-hydrogen) atoms. The van der Waals surface area contributed by atoms with Crippen LogP contribution in [0, 0.1) is 0 Å². The molecule has 7 aliphatic rings. The number of hydrogen-bond acceptors (Lipinski definition) is 35. The van der Waals surface area contributed by atoms with Crippen molar-refractivity contribution >= 4 is 23.6 Å². The Bertz CT molecular complexity index is 2310. The average Bonchev–Trinajstić information content (AvgIpc) is 0.859. The van der Waals surface area contributed by atoms with Crippen LogP contribution in [0.15, 0.2) is 0 Å². The molecule has 0 saturated carbocycles. The quantitative estimate of drug-likeness (QED) is 0.0452. The van der Waals surface area contributed by atoms with Crippen molar-refractivity contribution in [2.75, 3.05) is 46.2 Å². The molecule has 35 atom stereocenters. The number of amides is 4. The van der Waals surface area contributed by atoms with Gasteiger partial charge in [0.25, 0.3) is 0 Å². The van der Waals surface area contributed by atoms with Gasteiger partial charge in [0.05, 0.1) is 58.4 Å². The molecular formula is C51H86N4O35. The van der Waals surface area contributed by atoms with Gasteiger partial charge in [-0.15, -0.1) is 0 Å². The van der Waals surface area contributed by atoms with Gasteiger partial charge in [-0.3, -0.25) is 19.2 Å². The molecule has 39 heteroatoms. The number of hydrogen-bond donors (Lipinski definition) is 22. The van der Waals surface area contributed by atoms with Crippen LogP contribution in [0.4, 0.5) is 0 Å². The van der Waals surface area contributed by atoms with Crippen LogP contribution in [-0.4, -0.2) is 376 Å². The molecule has 0 aromatic rings. The highest BCUT2D eigenvalue weighted by Crippen LogP contribution is 2.38. The van der Waals surface area contributed by atoms with Crippen molar-refractivity contribution in [2.45, 2.75) is 249 Å². The van der Waals surface area contributed by atoms with Crippen molar-refractivity contribution in [3.63, 3.8) is 0 Å². The number of aliphatic hydroxyl groups is 18. The van der Waals surface area contributed by atoms with E-state index in [-0.39, 0.29) is 0 Å². The topological polar surface area (TPSA) is 601 Å². The van der Waals surface area contributed by atoms with E-state index < -0.39 is 284 Å². The Labute approximate surface area is 512 Å². The standard InChI is InChI=1S/C51H86N4O35/c1-13-25(52-14(2)62)36(73)41(22(10-60)79-13)86-48-28(55-17(5)65)37(74)42(23(11-61)84-48)87-49-40(77)43(88-51-45(39(76)32(69)21(9-59)83-51)90-47-27(54-16(4)64)35(72)30(67)19(7-57)81-47)33(70)24(85-49)12-78-50-44(38(75)31(68)20(8-58)82-50)89-46-26(53-15(3)63)34(71)29(66)18(6-56)80-46/h13,18-51,56-61,66-77H,6-12H2,1-5H3,(H,52,62)(H,53,63)(H,54,64)(H,55,65)/t13-,18+,19?,20?,21+,22?,23?,24?,25?,26?,27?,28?,29+,30-,31-,32-,33-,34?,35+,36+,37+,38-,39?,40?,41-,42-,43-,44?,45?,46+,47-,48-,49-,50+,51-/m0/s1. The molecule has 0 radical (unpaired) electrons. The number of carbonyl (C=O) groups excluding carboxylic acids is 4. The Balaban J connectivity index is 1.25. The first-order valence-electron chi connectivity index (χ1n) is 28.9. The summed E-state index contributed by atoms with van der Waals surface area (Å²) in [5, 5.41) is 209. The predicted octanol–water partition coefficient (Wildman–Crippen LogP) is -14.6. The molecule has 0 aromatic carbocycles. The normalized spacial score (nSPS) is 47.6. The van der Waals surface area contributed by atoms with E-state index in [2.05, 4.69) is 21.3 Å². The molecule has 7 saturated heterocycles. The zero-order valence-corrected chi connectivity index (χ0v) is 49.1. The molecule has 520 valence electrons. The molecule has 39 nitrogen and oxygen atoms in total. The monoisotopic (exact) mass is 1310 g/mol. The van der Waals surface area contributed by atoms with Crippen molar-refractivity contribution < 1.29 is 173 Å². The lowest BCUT2D eigenvalue weighted by atomic mass is 9.92. The van der Waals surface area contributed by atoms with E-state index in [0.29, 0.717) is 0 Å². The van der Waals surface area contributed by atoms with E-state index in [1.165, 1.54) is 6.92 Å². The Morgan fingerprint density at radius 3 is 1.02 bits per heavy atom. The summed E-state index contributed by atoms with van der Waals surface area (Å²) in [6, 6.07) is -6.32. The van der Waals surface area contributed by atoms with Crippen molar-refractivity contribution in [1.29, 1.82) is 0 Å². The summed E-state index contributed by atoms with van der Waals surface area (Å²) in [5.41, 5.74) is 0. The van der Waals surface area contributed by atoms with Gasteiger partial charge < -0.3 is 175 Å². The van der Waals surface area contributed by atoms with Gasteiger partial charge in [0, 0.05) is 27.7 Å². The molecule has 0 aliphatic carbocycles. The third kappa shape index (κ3) is 16.5. The van der Waals surface area contributed by atoms with E-state index >= 15 is 0 Å². The molecular weight excluding hydrogens is 1230 g/mol. The fraction of sp³-hybridized carbons (Fsp3) is 0.922. The Morgan fingerprint density at radius 1 is 0.300 bits per heavy atom. The maximum atomic E-state index is 12.8. The Kier molecular flexibility index (Phi) is 26.6. The molecule has 0 aromatic heterocycles. The van der Waals surface area contributed by atoms with Crippen LogP contribution >= 0.6 is 0 Å². The lowest BCUT2D eigenvalue weighted by Crippen LogP contribution is -2.70. The lowest BCUT2D eigenvalue weighted by Gasteiger charge is -2.51. The van der Waals surface area contributed by atoms with E-state index in [1.807, 2.05) is 0 Å². The van der Waals surface area contributed by atoms with E-state index in [1.54, 1.807) is 0 Å². The highest BCUT2D eigenvalue weighted by atomic mass is 16.8. The zero-order chi connectivity index (χ0) is 66.5. The van der Waals surface area contributed by atoms with Crippen LogP contribution in [-0.2, 0) is 80.8 Å². The fourth-order valence-electron chi connectivity index (χ4n) is 11.7. The molecule has 0 bridgehead atoms. The lowest BCUT2D eigenvalue weighted by molar-refractivity contribution is -0.395. The second-order valence-electron chi connectivity index (χ2n) is 22.9. The summed E-state index contributed by atoms with van der Waals surface area (Å²) < 4.78 is 77.4. The molecule has 7 aliphatic heterocycles. The summed E-state index contributed by atoms with van der Waals surface area (Å²) >= 11 is 0. The number of rotatable bonds is 23. The van der Waals surface area contributed by atoms with Crippen molar-refractivity contribution in [3.05, 3.63) is 0 Å².